The van der Waals surface area contributed by atoms with Crippen LogP contribution in [0.5, 0.6) is 11.5 Å². The number of hydrazone groups is 1. The Bertz CT molecular complexity index is 966. The molecular formula is C19H21N5O4. The first-order valence-electron chi connectivity index (χ1n) is 8.85. The molecule has 9 nitrogen and oxygen atoms in total. The smallest absolute Gasteiger partial charge is 0.315 e. The number of nitro groups is 1. The largest absolute Gasteiger partial charge is 0.493 e. The van der Waals surface area contributed by atoms with Crippen molar-refractivity contribution in [3.05, 3.63) is 52.1 Å². The second-order valence-electron chi connectivity index (χ2n) is 6.00. The molecule has 0 aliphatic carbocycles. The van der Waals surface area contributed by atoms with E-state index in [-0.39, 0.29) is 17.2 Å². The van der Waals surface area contributed by atoms with Crippen LogP contribution in [0.4, 0.5) is 11.6 Å². The number of imidazole rings is 1. The van der Waals surface area contributed by atoms with Gasteiger partial charge in [0.2, 0.25) is 11.7 Å². The van der Waals surface area contributed by atoms with Gasteiger partial charge in [0.15, 0.2) is 5.75 Å². The van der Waals surface area contributed by atoms with E-state index in [4.69, 9.17) is 9.47 Å². The second kappa shape index (κ2) is 8.85. The molecule has 0 aliphatic heterocycles. The van der Waals surface area contributed by atoms with Gasteiger partial charge in [0.25, 0.3) is 0 Å². The van der Waals surface area contributed by atoms with Gasteiger partial charge < -0.3 is 14.5 Å². The molecular weight excluding hydrogens is 362 g/mol. The molecule has 146 valence electrons. The molecule has 3 aromatic rings. The number of nitro benzene ring substituents is 1. The third-order valence-electron chi connectivity index (χ3n) is 3.99. The van der Waals surface area contributed by atoms with Gasteiger partial charge in [-0.3, -0.25) is 10.1 Å². The molecule has 0 bridgehead atoms. The number of nitrogens with zero attached hydrogens (tertiary/aromatic N) is 3. The highest BCUT2D eigenvalue weighted by molar-refractivity contribution is 5.84. The van der Waals surface area contributed by atoms with Crippen LogP contribution in [0, 0.1) is 10.1 Å². The fourth-order valence-electron chi connectivity index (χ4n) is 2.61. The van der Waals surface area contributed by atoms with Crippen molar-refractivity contribution >= 4 is 28.9 Å². The fourth-order valence-corrected chi connectivity index (χ4v) is 2.61. The molecule has 1 aromatic heterocycles. The molecule has 1 heterocycles. The fraction of sp³-hybridized carbons (Fsp3) is 0.263. The summed E-state index contributed by atoms with van der Waals surface area (Å²) in [6.07, 6.45) is 3.18. The predicted molar refractivity (Wildman–Crippen MR) is 107 cm³/mol. The number of aromatic amines is 1. The zero-order valence-electron chi connectivity index (χ0n) is 15.6. The van der Waals surface area contributed by atoms with Gasteiger partial charge in [-0.1, -0.05) is 25.5 Å². The summed E-state index contributed by atoms with van der Waals surface area (Å²) in [5.74, 6) is 0.886. The summed E-state index contributed by atoms with van der Waals surface area (Å²) in [5, 5.41) is 15.6. The molecule has 0 saturated carbocycles. The second-order valence-corrected chi connectivity index (χ2v) is 6.00. The van der Waals surface area contributed by atoms with Crippen molar-refractivity contribution in [1.82, 2.24) is 9.97 Å². The Kier molecular flexibility index (Phi) is 6.05. The molecule has 0 aliphatic rings. The van der Waals surface area contributed by atoms with Crippen LogP contribution in [0.1, 0.15) is 25.3 Å². The first kappa shape index (κ1) is 19.2. The number of para-hydroxylation sites is 2. The van der Waals surface area contributed by atoms with Gasteiger partial charge in [0.05, 0.1) is 35.9 Å². The lowest BCUT2D eigenvalue weighted by Gasteiger charge is -2.11. The number of methoxy groups -OCH3 is 1. The number of rotatable bonds is 9. The lowest BCUT2D eigenvalue weighted by molar-refractivity contribution is -0.386. The van der Waals surface area contributed by atoms with Gasteiger partial charge in [-0.15, -0.1) is 0 Å². The van der Waals surface area contributed by atoms with E-state index in [1.807, 2.05) is 31.2 Å². The standard InChI is InChI=1S/C19H21N5O4/c1-3-4-9-28-18-16(24(25)26)10-13(11-17(18)27-2)12-20-23-19-21-14-7-5-6-8-15(14)22-19/h5-8,10-12H,3-4,9H2,1-2H3,(H2,21,22,23)/b20-12-. The predicted octanol–water partition coefficient (Wildman–Crippen LogP) is 4.10. The molecule has 0 saturated heterocycles. The minimum absolute atomic E-state index is 0.128. The number of hydrogen-bond acceptors (Lipinski definition) is 7. The monoisotopic (exact) mass is 383 g/mol. The number of H-pyrrole nitrogens is 1. The van der Waals surface area contributed by atoms with E-state index in [2.05, 4.69) is 20.5 Å². The van der Waals surface area contributed by atoms with Gasteiger partial charge in [-0.2, -0.15) is 5.10 Å². The Morgan fingerprint density at radius 3 is 2.89 bits per heavy atom. The van der Waals surface area contributed by atoms with Crippen LogP contribution in [0.2, 0.25) is 0 Å². The van der Waals surface area contributed by atoms with Crippen molar-refractivity contribution < 1.29 is 14.4 Å². The first-order valence-corrected chi connectivity index (χ1v) is 8.85. The number of anilines is 1. The Balaban J connectivity index is 1.81. The molecule has 0 spiro atoms. The van der Waals surface area contributed by atoms with Gasteiger partial charge in [0, 0.05) is 11.6 Å². The normalized spacial score (nSPS) is 11.1. The number of ether oxygens (including phenoxy) is 2. The van der Waals surface area contributed by atoms with Crippen LogP contribution < -0.4 is 14.9 Å². The number of benzene rings is 2. The lowest BCUT2D eigenvalue weighted by Crippen LogP contribution is -2.04. The van der Waals surface area contributed by atoms with Crippen LogP contribution in [0.15, 0.2) is 41.5 Å². The zero-order valence-corrected chi connectivity index (χ0v) is 15.6. The molecule has 0 unspecified atom stereocenters. The molecule has 0 fully saturated rings. The number of hydrogen-bond donors (Lipinski definition) is 2. The summed E-state index contributed by atoms with van der Waals surface area (Å²) in [6, 6.07) is 10.6. The quantitative estimate of drug-likeness (QED) is 0.249. The van der Waals surface area contributed by atoms with Crippen molar-refractivity contribution in [3.8, 4) is 11.5 Å². The average molecular weight is 383 g/mol. The summed E-state index contributed by atoms with van der Waals surface area (Å²) in [4.78, 5) is 18.4. The maximum Gasteiger partial charge on any atom is 0.315 e. The molecule has 28 heavy (non-hydrogen) atoms. The molecule has 0 atom stereocenters. The highest BCUT2D eigenvalue weighted by Gasteiger charge is 2.22. The molecule has 9 heteroatoms. The maximum absolute atomic E-state index is 11.5. The highest BCUT2D eigenvalue weighted by atomic mass is 16.6. The first-order chi connectivity index (χ1) is 13.6. The molecule has 2 aromatic carbocycles. The van der Waals surface area contributed by atoms with E-state index in [1.165, 1.54) is 19.4 Å². The highest BCUT2D eigenvalue weighted by Crippen LogP contribution is 2.38. The third kappa shape index (κ3) is 4.37. The van der Waals surface area contributed by atoms with Gasteiger partial charge in [-0.05, 0) is 24.6 Å². The van der Waals surface area contributed by atoms with E-state index >= 15 is 0 Å². The summed E-state index contributed by atoms with van der Waals surface area (Å²) >= 11 is 0. The minimum Gasteiger partial charge on any atom is -0.493 e. The number of unbranched alkanes of at least 4 members (excludes halogenated alkanes) is 1. The Hall–Kier alpha value is -3.62. The summed E-state index contributed by atoms with van der Waals surface area (Å²) in [7, 11) is 1.44. The third-order valence-corrected chi connectivity index (χ3v) is 3.99. The number of aromatic nitrogens is 2. The van der Waals surface area contributed by atoms with Crippen LogP contribution in [0.3, 0.4) is 0 Å². The van der Waals surface area contributed by atoms with Crippen molar-refractivity contribution in [1.29, 1.82) is 0 Å². The summed E-state index contributed by atoms with van der Waals surface area (Å²) in [6.45, 7) is 2.40. The van der Waals surface area contributed by atoms with Gasteiger partial charge in [0.1, 0.15) is 0 Å². The Morgan fingerprint density at radius 1 is 1.36 bits per heavy atom. The van der Waals surface area contributed by atoms with Crippen molar-refractivity contribution in [2.75, 3.05) is 19.1 Å². The van der Waals surface area contributed by atoms with Gasteiger partial charge >= 0.3 is 5.69 Å². The van der Waals surface area contributed by atoms with Crippen molar-refractivity contribution in [3.63, 3.8) is 0 Å². The zero-order chi connectivity index (χ0) is 19.9. The molecule has 0 radical (unpaired) electrons. The summed E-state index contributed by atoms with van der Waals surface area (Å²) < 4.78 is 10.9. The minimum atomic E-state index is -0.492. The number of nitrogens with one attached hydrogen (secondary N) is 2. The average Bonchev–Trinajstić information content (AvgIpc) is 3.11. The van der Waals surface area contributed by atoms with Crippen LogP contribution in [-0.4, -0.2) is 34.8 Å². The van der Waals surface area contributed by atoms with Crippen LogP contribution in [0.25, 0.3) is 11.0 Å². The molecule has 0 amide bonds. The summed E-state index contributed by atoms with van der Waals surface area (Å²) in [5.41, 5.74) is 4.81. The van der Waals surface area contributed by atoms with Crippen LogP contribution >= 0.6 is 0 Å². The molecule has 3 rings (SSSR count). The number of fused-ring (bicyclic) bond motifs is 1. The van der Waals surface area contributed by atoms with Crippen LogP contribution in [-0.2, 0) is 0 Å². The van der Waals surface area contributed by atoms with E-state index in [0.29, 0.717) is 18.1 Å². The molecule has 2 N–H and O–H groups in total. The van der Waals surface area contributed by atoms with Gasteiger partial charge in [-0.25, -0.2) is 10.4 Å². The van der Waals surface area contributed by atoms with E-state index in [0.717, 1.165) is 23.9 Å². The van der Waals surface area contributed by atoms with Crippen molar-refractivity contribution in [2.24, 2.45) is 5.10 Å². The Morgan fingerprint density at radius 2 is 2.18 bits per heavy atom. The lowest BCUT2D eigenvalue weighted by atomic mass is 10.2. The topological polar surface area (TPSA) is 115 Å². The Labute approximate surface area is 161 Å². The maximum atomic E-state index is 11.5. The van der Waals surface area contributed by atoms with Crippen molar-refractivity contribution in [2.45, 2.75) is 19.8 Å². The van der Waals surface area contributed by atoms with E-state index in [9.17, 15) is 10.1 Å². The SMILES string of the molecule is CCCCOc1c(OC)cc(/C=N\Nc2nc3ccccc3[nH]2)cc1[N+](=O)[O-]. The van der Waals surface area contributed by atoms with E-state index in [1.54, 1.807) is 6.07 Å². The van der Waals surface area contributed by atoms with E-state index < -0.39 is 4.92 Å².